The van der Waals surface area contributed by atoms with Gasteiger partial charge < -0.3 is 0 Å². The summed E-state index contributed by atoms with van der Waals surface area (Å²) in [5.74, 6) is 0. The topological polar surface area (TPSA) is 86.2 Å². The van der Waals surface area contributed by atoms with E-state index in [1.165, 1.54) is 0 Å². The first-order valence-corrected chi connectivity index (χ1v) is 24.2. The van der Waals surface area contributed by atoms with Gasteiger partial charge in [0.1, 0.15) is 22.3 Å². The Morgan fingerprint density at radius 2 is 0.625 bits per heavy atom. The van der Waals surface area contributed by atoms with Gasteiger partial charge in [-0.2, -0.15) is 0 Å². The maximum absolute atomic E-state index is 5.90. The van der Waals surface area contributed by atoms with Crippen LogP contribution in [0.1, 0.15) is 0 Å². The van der Waals surface area contributed by atoms with Gasteiger partial charge in [-0.25, -0.2) is 19.9 Å². The molecule has 8 nitrogen and oxygen atoms in total. The normalized spacial score (nSPS) is 12.4. The Balaban J connectivity index is 1.16. The van der Waals surface area contributed by atoms with Crippen LogP contribution in [0.15, 0.2) is 207 Å². The molecule has 0 aliphatic carbocycles. The number of benzene rings is 8. The Morgan fingerprint density at radius 1 is 0.264 bits per heavy atom. The van der Waals surface area contributed by atoms with Gasteiger partial charge in [-0.15, -0.1) is 0 Å². The zero-order valence-electron chi connectivity index (χ0n) is 38.2. The van der Waals surface area contributed by atoms with Crippen LogP contribution >= 0.6 is 0 Å². The Morgan fingerprint density at radius 3 is 1.03 bits per heavy atom. The minimum Gasteiger partial charge on any atom is -0.290 e. The van der Waals surface area contributed by atoms with E-state index in [1.807, 2.05) is 37.2 Å². The molecule has 0 amide bonds. The van der Waals surface area contributed by atoms with Crippen LogP contribution in [-0.2, 0) is 0 Å². The first-order chi connectivity index (χ1) is 35.7. The summed E-state index contributed by atoms with van der Waals surface area (Å²) in [5.41, 5.74) is 18.1. The largest absolute Gasteiger partial charge is 0.290 e. The van der Waals surface area contributed by atoms with Crippen molar-refractivity contribution in [1.29, 1.82) is 0 Å². The van der Waals surface area contributed by atoms with Crippen LogP contribution < -0.4 is 0 Å². The molecule has 0 atom stereocenters. The number of pyridine rings is 4. The number of hydrogen-bond donors (Lipinski definition) is 0. The zero-order valence-corrected chi connectivity index (χ0v) is 38.2. The highest BCUT2D eigenvalue weighted by atomic mass is 15.0. The predicted octanol–water partition coefficient (Wildman–Crippen LogP) is 15.6. The van der Waals surface area contributed by atoms with Crippen molar-refractivity contribution < 1.29 is 0 Å². The SMILES string of the molecule is c1ccc(-c2cnc3c(c2)c2cc(-c4ccccc4)cc4c5c6nc7c8cnccc8c8ccncc8c7nc6c6c7cc(-c8ccccc8)cc8c9cc(-c%10ccccc%10)cnc9n(c87)c6c5n3c24)cc1. The van der Waals surface area contributed by atoms with Crippen LogP contribution in [0.2, 0.25) is 0 Å². The van der Waals surface area contributed by atoms with E-state index in [0.29, 0.717) is 0 Å². The number of hydrogen-bond acceptors (Lipinski definition) is 6. The molecule has 0 bridgehead atoms. The highest BCUT2D eigenvalue weighted by Gasteiger charge is 2.31. The van der Waals surface area contributed by atoms with Crippen LogP contribution in [-0.4, -0.2) is 38.7 Å². The minimum absolute atomic E-state index is 0.789. The van der Waals surface area contributed by atoms with Crippen molar-refractivity contribution in [2.45, 2.75) is 0 Å². The molecule has 9 aromatic heterocycles. The van der Waals surface area contributed by atoms with Crippen molar-refractivity contribution >= 4 is 120 Å². The molecule has 0 radical (unpaired) electrons. The van der Waals surface area contributed by atoms with E-state index >= 15 is 0 Å². The average molecular weight is 915 g/mol. The van der Waals surface area contributed by atoms with Gasteiger partial charge in [-0.05, 0) is 92.7 Å². The summed E-state index contributed by atoms with van der Waals surface area (Å²) in [6, 6.07) is 60.7. The third-order valence-corrected chi connectivity index (χ3v) is 15.3. The van der Waals surface area contributed by atoms with Crippen molar-refractivity contribution in [3.05, 3.63) is 207 Å². The van der Waals surface area contributed by atoms with Gasteiger partial charge >= 0.3 is 0 Å². The number of nitrogens with zero attached hydrogens (tertiary/aromatic N) is 8. The number of fused-ring (bicyclic) bond motifs is 22. The molecule has 0 N–H and O–H groups in total. The van der Waals surface area contributed by atoms with Crippen molar-refractivity contribution in [3.8, 4) is 44.5 Å². The van der Waals surface area contributed by atoms with E-state index in [9.17, 15) is 0 Å². The van der Waals surface area contributed by atoms with Crippen molar-refractivity contribution in [2.75, 3.05) is 0 Å². The fraction of sp³-hybridized carbons (Fsp3) is 0. The molecule has 0 unspecified atom stereocenters. The molecule has 0 spiro atoms. The van der Waals surface area contributed by atoms with Crippen LogP contribution in [0.4, 0.5) is 0 Å². The van der Waals surface area contributed by atoms with E-state index in [2.05, 4.69) is 189 Å². The smallest absolute Gasteiger partial charge is 0.145 e. The van der Waals surface area contributed by atoms with Gasteiger partial charge in [-0.1, -0.05) is 121 Å². The minimum atomic E-state index is 0.789. The molecule has 17 aromatic rings. The fourth-order valence-corrected chi connectivity index (χ4v) is 12.2. The molecule has 0 saturated heterocycles. The summed E-state index contributed by atoms with van der Waals surface area (Å²) in [5, 5.41) is 12.6. The van der Waals surface area contributed by atoms with Crippen LogP contribution in [0.25, 0.3) is 165 Å². The van der Waals surface area contributed by atoms with Crippen LogP contribution in [0.3, 0.4) is 0 Å². The molecular weight excluding hydrogens is 881 g/mol. The summed E-state index contributed by atoms with van der Waals surface area (Å²) in [7, 11) is 0. The molecule has 9 heterocycles. The molecule has 0 aliphatic rings. The van der Waals surface area contributed by atoms with Gasteiger partial charge in [0.15, 0.2) is 0 Å². The summed E-state index contributed by atoms with van der Waals surface area (Å²) < 4.78 is 4.85. The average Bonchev–Trinajstić information content (AvgIpc) is 4.20. The van der Waals surface area contributed by atoms with Crippen molar-refractivity contribution in [3.63, 3.8) is 0 Å². The quantitative estimate of drug-likeness (QED) is 0.129. The van der Waals surface area contributed by atoms with E-state index in [4.69, 9.17) is 19.9 Å². The second-order valence-corrected chi connectivity index (χ2v) is 19.1. The Kier molecular flexibility index (Phi) is 7.32. The lowest BCUT2D eigenvalue weighted by molar-refractivity contribution is 1.24. The molecule has 72 heavy (non-hydrogen) atoms. The van der Waals surface area contributed by atoms with Gasteiger partial charge in [0.25, 0.3) is 0 Å². The monoisotopic (exact) mass is 914 g/mol. The fourth-order valence-electron chi connectivity index (χ4n) is 12.2. The molecule has 17 rings (SSSR count). The lowest BCUT2D eigenvalue weighted by Gasteiger charge is -2.12. The zero-order chi connectivity index (χ0) is 46.8. The highest BCUT2D eigenvalue weighted by molar-refractivity contribution is 6.41. The maximum Gasteiger partial charge on any atom is 0.145 e. The standard InChI is InChI=1S/C64H34N8/c1-5-13-35(14-6-1)39-25-45-47-29-41(37-17-9-3-10-18-37)31-67-63(47)71-59(45)49(27-39)53-57-58(70-56-52-34-66-24-22-44(52)43-21-23-65-33-51(43)55(56)69-57)54-50-28-40(36-15-7-2-8-16-36)26-46-48-30-42(38-19-11-4-12-20-38)32-68-64(48)72(60(46)50)62(54)61(53)71/h1-34H. The van der Waals surface area contributed by atoms with Crippen molar-refractivity contribution in [1.82, 2.24) is 38.7 Å². The van der Waals surface area contributed by atoms with Gasteiger partial charge in [-0.3, -0.25) is 18.8 Å². The summed E-state index contributed by atoms with van der Waals surface area (Å²) in [6.07, 6.45) is 11.6. The van der Waals surface area contributed by atoms with Crippen LogP contribution in [0.5, 0.6) is 0 Å². The van der Waals surface area contributed by atoms with E-state index in [0.717, 1.165) is 165 Å². The molecule has 330 valence electrons. The van der Waals surface area contributed by atoms with Crippen LogP contribution in [0, 0.1) is 0 Å². The van der Waals surface area contributed by atoms with Gasteiger partial charge in [0, 0.05) is 102 Å². The molecule has 0 aliphatic heterocycles. The summed E-state index contributed by atoms with van der Waals surface area (Å²) >= 11 is 0. The molecule has 8 aromatic carbocycles. The van der Waals surface area contributed by atoms with E-state index in [1.54, 1.807) is 0 Å². The van der Waals surface area contributed by atoms with Crippen molar-refractivity contribution in [2.24, 2.45) is 0 Å². The Labute approximate surface area is 408 Å². The number of rotatable bonds is 4. The maximum atomic E-state index is 5.90. The lowest BCUT2D eigenvalue weighted by Crippen LogP contribution is -1.96. The molecular formula is C64H34N8. The second-order valence-electron chi connectivity index (χ2n) is 19.1. The Hall–Kier alpha value is -9.92. The number of aromatic nitrogens is 8. The second kappa shape index (κ2) is 13.9. The molecule has 0 saturated carbocycles. The lowest BCUT2D eigenvalue weighted by atomic mass is 9.96. The summed E-state index contributed by atoms with van der Waals surface area (Å²) in [4.78, 5) is 32.1. The van der Waals surface area contributed by atoms with E-state index < -0.39 is 0 Å². The molecule has 0 fully saturated rings. The van der Waals surface area contributed by atoms with E-state index in [-0.39, 0.29) is 0 Å². The predicted molar refractivity (Wildman–Crippen MR) is 294 cm³/mol. The third kappa shape index (κ3) is 4.94. The van der Waals surface area contributed by atoms with Gasteiger partial charge in [0.2, 0.25) is 0 Å². The molecule has 8 heteroatoms. The third-order valence-electron chi connectivity index (χ3n) is 15.3. The highest BCUT2D eigenvalue weighted by Crippen LogP contribution is 2.51. The first kappa shape index (κ1) is 38.0. The summed E-state index contributed by atoms with van der Waals surface area (Å²) in [6.45, 7) is 0. The first-order valence-electron chi connectivity index (χ1n) is 24.2. The Bertz CT molecular complexity index is 4800. The van der Waals surface area contributed by atoms with Gasteiger partial charge in [0.05, 0.1) is 33.1 Å².